The molecule has 3 rings (SSSR count). The van der Waals surface area contributed by atoms with E-state index < -0.39 is 17.4 Å². The minimum Gasteiger partial charge on any atom is -0.350 e. The molecule has 1 aliphatic heterocycles. The molecule has 0 unspecified atom stereocenters. The molecule has 0 spiro atoms. The van der Waals surface area contributed by atoms with Crippen LogP contribution in [0.2, 0.25) is 0 Å². The second kappa shape index (κ2) is 5.19. The molecule has 3 amide bonds. The van der Waals surface area contributed by atoms with E-state index in [0.717, 1.165) is 10.3 Å². The van der Waals surface area contributed by atoms with Gasteiger partial charge in [0.15, 0.2) is 0 Å². The van der Waals surface area contributed by atoms with Gasteiger partial charge in [0.25, 0.3) is 11.8 Å². The minimum absolute atomic E-state index is 0.278. The Bertz CT molecular complexity index is 783. The molecule has 1 heterocycles. The van der Waals surface area contributed by atoms with Crippen molar-refractivity contribution in [1.29, 1.82) is 0 Å². The number of rotatable bonds is 2. The van der Waals surface area contributed by atoms with Gasteiger partial charge in [-0.1, -0.05) is 24.3 Å². The zero-order chi connectivity index (χ0) is 16.8. The lowest BCUT2D eigenvalue weighted by Gasteiger charge is -2.28. The summed E-state index contributed by atoms with van der Waals surface area (Å²) in [6.07, 6.45) is 0. The van der Waals surface area contributed by atoms with Crippen LogP contribution in [0.25, 0.3) is 10.8 Å². The largest absolute Gasteiger partial charge is 0.350 e. The van der Waals surface area contributed by atoms with Gasteiger partial charge in [-0.25, -0.2) is 0 Å². The maximum Gasteiger partial charge on any atom is 0.261 e. The van der Waals surface area contributed by atoms with Crippen LogP contribution in [0.4, 0.5) is 0 Å². The van der Waals surface area contributed by atoms with Gasteiger partial charge < -0.3 is 5.32 Å². The molecule has 1 aliphatic rings. The zero-order valence-electron chi connectivity index (χ0n) is 13.3. The second-order valence-corrected chi connectivity index (χ2v) is 6.70. The minimum atomic E-state index is -0.427. The molecule has 0 atom stereocenters. The molecule has 2 aromatic carbocycles. The van der Waals surface area contributed by atoms with Crippen molar-refractivity contribution in [2.24, 2.45) is 0 Å². The van der Waals surface area contributed by atoms with Crippen LogP contribution in [0.15, 0.2) is 36.4 Å². The van der Waals surface area contributed by atoms with Gasteiger partial charge in [0, 0.05) is 22.1 Å². The fourth-order valence-electron chi connectivity index (χ4n) is 2.83. The molecule has 0 saturated carbocycles. The highest BCUT2D eigenvalue weighted by molar-refractivity contribution is 6.26. The molecule has 0 aliphatic carbocycles. The summed E-state index contributed by atoms with van der Waals surface area (Å²) in [6, 6.07) is 10.7. The van der Waals surface area contributed by atoms with Crippen molar-refractivity contribution in [3.05, 3.63) is 47.5 Å². The van der Waals surface area contributed by atoms with E-state index in [0.29, 0.717) is 16.5 Å². The molecule has 5 nitrogen and oxygen atoms in total. The van der Waals surface area contributed by atoms with Crippen molar-refractivity contribution in [1.82, 2.24) is 10.2 Å². The average Bonchev–Trinajstić information content (AvgIpc) is 2.47. The smallest absolute Gasteiger partial charge is 0.261 e. The molecule has 0 fully saturated rings. The monoisotopic (exact) mass is 310 g/mol. The highest BCUT2D eigenvalue weighted by Crippen LogP contribution is 2.29. The van der Waals surface area contributed by atoms with Gasteiger partial charge in [0.1, 0.15) is 6.54 Å². The van der Waals surface area contributed by atoms with E-state index in [2.05, 4.69) is 5.32 Å². The summed E-state index contributed by atoms with van der Waals surface area (Å²) in [4.78, 5) is 38.4. The molecule has 2 aromatic rings. The van der Waals surface area contributed by atoms with Crippen LogP contribution in [0.3, 0.4) is 0 Å². The van der Waals surface area contributed by atoms with Gasteiger partial charge in [0.05, 0.1) is 0 Å². The van der Waals surface area contributed by atoms with Gasteiger partial charge >= 0.3 is 0 Å². The zero-order valence-corrected chi connectivity index (χ0v) is 13.3. The van der Waals surface area contributed by atoms with Crippen LogP contribution in [0.5, 0.6) is 0 Å². The number of carbonyl (C=O) groups is 3. The van der Waals surface area contributed by atoms with Crippen molar-refractivity contribution in [2.75, 3.05) is 6.54 Å². The first kappa shape index (κ1) is 15.2. The maximum absolute atomic E-state index is 12.6. The summed E-state index contributed by atoms with van der Waals surface area (Å²) in [5.74, 6) is -1.21. The Labute approximate surface area is 134 Å². The Morgan fingerprint density at radius 3 is 2.00 bits per heavy atom. The van der Waals surface area contributed by atoms with Crippen molar-refractivity contribution in [3.63, 3.8) is 0 Å². The first-order chi connectivity index (χ1) is 10.8. The summed E-state index contributed by atoms with van der Waals surface area (Å²) < 4.78 is 0. The fraction of sp³-hybridized carbons (Fsp3) is 0.278. The Hall–Kier alpha value is -2.69. The second-order valence-electron chi connectivity index (χ2n) is 6.70. The van der Waals surface area contributed by atoms with Crippen LogP contribution in [0, 0.1) is 0 Å². The third-order valence-electron chi connectivity index (χ3n) is 3.67. The molecule has 0 saturated heterocycles. The summed E-state index contributed by atoms with van der Waals surface area (Å²) in [5.41, 5.74) is 0.499. The lowest BCUT2D eigenvalue weighted by atomic mass is 9.94. The first-order valence-electron chi connectivity index (χ1n) is 7.47. The SMILES string of the molecule is CC(C)(C)NC(=O)CN1C(=O)c2cccc3cccc(c23)C1=O. The van der Waals surface area contributed by atoms with Gasteiger partial charge in [-0.3, -0.25) is 19.3 Å². The van der Waals surface area contributed by atoms with Crippen LogP contribution >= 0.6 is 0 Å². The Morgan fingerprint density at radius 1 is 1.00 bits per heavy atom. The topological polar surface area (TPSA) is 66.5 Å². The van der Waals surface area contributed by atoms with Crippen molar-refractivity contribution >= 4 is 28.5 Å². The number of amides is 3. The quantitative estimate of drug-likeness (QED) is 0.866. The molecule has 23 heavy (non-hydrogen) atoms. The van der Waals surface area contributed by atoms with Crippen molar-refractivity contribution < 1.29 is 14.4 Å². The van der Waals surface area contributed by atoms with E-state index in [-0.39, 0.29) is 12.5 Å². The van der Waals surface area contributed by atoms with Crippen LogP contribution in [-0.4, -0.2) is 34.7 Å². The number of imide groups is 1. The summed E-state index contributed by atoms with van der Waals surface area (Å²) in [5, 5.41) is 4.28. The van der Waals surface area contributed by atoms with E-state index in [1.807, 2.05) is 32.9 Å². The Morgan fingerprint density at radius 2 is 1.52 bits per heavy atom. The molecular formula is C18H18N2O3. The molecular weight excluding hydrogens is 292 g/mol. The molecule has 1 N–H and O–H groups in total. The summed E-state index contributed by atoms with van der Waals surface area (Å²) in [7, 11) is 0. The predicted octanol–water partition coefficient (Wildman–Crippen LogP) is 2.35. The molecule has 5 heteroatoms. The van der Waals surface area contributed by atoms with E-state index >= 15 is 0 Å². The average molecular weight is 310 g/mol. The molecule has 0 radical (unpaired) electrons. The number of nitrogens with one attached hydrogen (secondary N) is 1. The van der Waals surface area contributed by atoms with Gasteiger partial charge in [0.2, 0.25) is 5.91 Å². The number of hydrogen-bond acceptors (Lipinski definition) is 3. The first-order valence-corrected chi connectivity index (χ1v) is 7.47. The van der Waals surface area contributed by atoms with E-state index in [9.17, 15) is 14.4 Å². The normalized spacial score (nSPS) is 14.3. The standard InChI is InChI=1S/C18H18N2O3/c1-18(2,3)19-14(21)10-20-16(22)12-8-4-6-11-7-5-9-13(15(11)12)17(20)23/h4-9H,10H2,1-3H3,(H,19,21). The summed E-state index contributed by atoms with van der Waals surface area (Å²) >= 11 is 0. The number of hydrogen-bond donors (Lipinski definition) is 1. The predicted molar refractivity (Wildman–Crippen MR) is 87.2 cm³/mol. The number of benzene rings is 2. The lowest BCUT2D eigenvalue weighted by Crippen LogP contribution is -2.50. The van der Waals surface area contributed by atoms with Crippen LogP contribution in [0.1, 0.15) is 41.5 Å². The highest BCUT2D eigenvalue weighted by atomic mass is 16.2. The Kier molecular flexibility index (Phi) is 3.43. The van der Waals surface area contributed by atoms with Crippen LogP contribution < -0.4 is 5.32 Å². The third-order valence-corrected chi connectivity index (χ3v) is 3.67. The van der Waals surface area contributed by atoms with E-state index in [1.54, 1.807) is 24.3 Å². The Balaban J connectivity index is 1.99. The molecule has 0 bridgehead atoms. The van der Waals surface area contributed by atoms with Gasteiger partial charge in [-0.2, -0.15) is 0 Å². The van der Waals surface area contributed by atoms with Crippen LogP contribution in [-0.2, 0) is 4.79 Å². The van der Waals surface area contributed by atoms with E-state index in [1.165, 1.54) is 0 Å². The van der Waals surface area contributed by atoms with Gasteiger partial charge in [-0.15, -0.1) is 0 Å². The summed E-state index contributed by atoms with van der Waals surface area (Å²) in [6.45, 7) is 5.27. The highest BCUT2D eigenvalue weighted by Gasteiger charge is 2.34. The van der Waals surface area contributed by atoms with Gasteiger partial charge in [-0.05, 0) is 38.3 Å². The molecule has 118 valence electrons. The fourth-order valence-corrected chi connectivity index (χ4v) is 2.83. The third kappa shape index (κ3) is 2.70. The van der Waals surface area contributed by atoms with Crippen molar-refractivity contribution in [2.45, 2.75) is 26.3 Å². The van der Waals surface area contributed by atoms with E-state index in [4.69, 9.17) is 0 Å². The number of nitrogens with zero attached hydrogens (tertiary/aromatic N) is 1. The molecule has 0 aromatic heterocycles. The lowest BCUT2D eigenvalue weighted by molar-refractivity contribution is -0.122. The number of carbonyl (C=O) groups excluding carboxylic acids is 3. The van der Waals surface area contributed by atoms with Crippen molar-refractivity contribution in [3.8, 4) is 0 Å². The maximum atomic E-state index is 12.6.